The standard InChI is InChI=1S/C22H27NO2/c1-16(2)14-18-11-12-19(17(3)15-18)8-7-13-23-21-10-6-5-9-20(21)22(24)25-4/h5-7,9-13,15-16,23H,8,14H2,1-4H3/b13-7+. The van der Waals surface area contributed by atoms with Crippen LogP contribution in [0.5, 0.6) is 0 Å². The number of ether oxygens (including phenoxy) is 1. The van der Waals surface area contributed by atoms with E-state index in [0.717, 1.165) is 18.5 Å². The number of esters is 1. The number of hydrogen-bond acceptors (Lipinski definition) is 3. The van der Waals surface area contributed by atoms with Gasteiger partial charge in [0.15, 0.2) is 0 Å². The summed E-state index contributed by atoms with van der Waals surface area (Å²) in [4.78, 5) is 11.8. The van der Waals surface area contributed by atoms with Crippen molar-refractivity contribution in [3.8, 4) is 0 Å². The van der Waals surface area contributed by atoms with Crippen molar-refractivity contribution in [1.29, 1.82) is 0 Å². The number of rotatable bonds is 7. The molecule has 0 aromatic heterocycles. The van der Waals surface area contributed by atoms with E-state index < -0.39 is 0 Å². The topological polar surface area (TPSA) is 38.3 Å². The van der Waals surface area contributed by atoms with Gasteiger partial charge in [0, 0.05) is 0 Å². The van der Waals surface area contributed by atoms with E-state index in [1.54, 1.807) is 6.07 Å². The lowest BCUT2D eigenvalue weighted by atomic mass is 9.97. The van der Waals surface area contributed by atoms with E-state index in [2.05, 4.69) is 50.4 Å². The molecule has 3 heteroatoms. The molecule has 0 heterocycles. The summed E-state index contributed by atoms with van der Waals surface area (Å²) in [5.74, 6) is 0.331. The van der Waals surface area contributed by atoms with Crippen molar-refractivity contribution in [3.05, 3.63) is 77.0 Å². The summed E-state index contributed by atoms with van der Waals surface area (Å²) < 4.78 is 4.80. The van der Waals surface area contributed by atoms with Crippen molar-refractivity contribution in [1.82, 2.24) is 0 Å². The molecule has 1 N–H and O–H groups in total. The van der Waals surface area contributed by atoms with Crippen LogP contribution in [-0.4, -0.2) is 13.1 Å². The fourth-order valence-electron chi connectivity index (χ4n) is 2.82. The Morgan fingerprint density at radius 1 is 1.20 bits per heavy atom. The molecule has 2 aromatic rings. The summed E-state index contributed by atoms with van der Waals surface area (Å²) in [5.41, 5.74) is 5.30. The third-order valence-electron chi connectivity index (χ3n) is 4.08. The minimum absolute atomic E-state index is 0.340. The van der Waals surface area contributed by atoms with Crippen LogP contribution in [-0.2, 0) is 17.6 Å². The number of methoxy groups -OCH3 is 1. The zero-order valence-corrected chi connectivity index (χ0v) is 15.5. The van der Waals surface area contributed by atoms with Gasteiger partial charge in [0.1, 0.15) is 0 Å². The highest BCUT2D eigenvalue weighted by molar-refractivity contribution is 5.95. The second kappa shape index (κ2) is 9.07. The number of para-hydroxylation sites is 1. The first-order chi connectivity index (χ1) is 12.0. The zero-order chi connectivity index (χ0) is 18.2. The van der Waals surface area contributed by atoms with Crippen LogP contribution < -0.4 is 5.32 Å². The first-order valence-electron chi connectivity index (χ1n) is 8.68. The van der Waals surface area contributed by atoms with Gasteiger partial charge in [-0.05, 0) is 60.7 Å². The van der Waals surface area contributed by atoms with Gasteiger partial charge in [-0.1, -0.05) is 50.3 Å². The maximum atomic E-state index is 11.8. The Bertz CT molecular complexity index is 747. The summed E-state index contributed by atoms with van der Waals surface area (Å²) >= 11 is 0. The Balaban J connectivity index is 1.99. The molecule has 0 aliphatic heterocycles. The minimum atomic E-state index is -0.340. The van der Waals surface area contributed by atoms with Crippen LogP contribution in [0, 0.1) is 12.8 Å². The molecule has 25 heavy (non-hydrogen) atoms. The maximum absolute atomic E-state index is 11.8. The first kappa shape index (κ1) is 18.8. The highest BCUT2D eigenvalue weighted by Gasteiger charge is 2.09. The lowest BCUT2D eigenvalue weighted by Gasteiger charge is -2.09. The van der Waals surface area contributed by atoms with Gasteiger partial charge in [0.25, 0.3) is 0 Å². The Hall–Kier alpha value is -2.55. The largest absolute Gasteiger partial charge is 0.465 e. The monoisotopic (exact) mass is 337 g/mol. The second-order valence-corrected chi connectivity index (χ2v) is 6.65. The number of nitrogens with one attached hydrogen (secondary N) is 1. The zero-order valence-electron chi connectivity index (χ0n) is 15.5. The van der Waals surface area contributed by atoms with Crippen molar-refractivity contribution in [2.75, 3.05) is 12.4 Å². The van der Waals surface area contributed by atoms with Crippen LogP contribution in [0.4, 0.5) is 5.69 Å². The van der Waals surface area contributed by atoms with E-state index in [1.165, 1.54) is 23.8 Å². The lowest BCUT2D eigenvalue weighted by Crippen LogP contribution is -2.04. The smallest absolute Gasteiger partial charge is 0.339 e. The molecule has 0 aliphatic carbocycles. The van der Waals surface area contributed by atoms with Gasteiger partial charge in [-0.2, -0.15) is 0 Å². The van der Waals surface area contributed by atoms with Gasteiger partial charge in [0.2, 0.25) is 0 Å². The van der Waals surface area contributed by atoms with Gasteiger partial charge in [-0.25, -0.2) is 4.79 Å². The Morgan fingerprint density at radius 3 is 2.64 bits per heavy atom. The number of allylic oxidation sites excluding steroid dienone is 1. The number of aryl methyl sites for hydroxylation is 1. The number of carbonyl (C=O) groups is 1. The first-order valence-corrected chi connectivity index (χ1v) is 8.68. The SMILES string of the molecule is COC(=O)c1ccccc1N/C=C/Cc1ccc(CC(C)C)cc1C. The van der Waals surface area contributed by atoms with Gasteiger partial charge in [-0.3, -0.25) is 0 Å². The second-order valence-electron chi connectivity index (χ2n) is 6.65. The van der Waals surface area contributed by atoms with E-state index in [1.807, 2.05) is 24.4 Å². The molecule has 0 aliphatic rings. The summed E-state index contributed by atoms with van der Waals surface area (Å²) in [6, 6.07) is 14.0. The minimum Gasteiger partial charge on any atom is -0.465 e. The van der Waals surface area contributed by atoms with Gasteiger partial charge >= 0.3 is 5.97 Å². The molecule has 0 radical (unpaired) electrons. The number of hydrogen-bond donors (Lipinski definition) is 1. The van der Waals surface area contributed by atoms with Crippen LogP contribution in [0.25, 0.3) is 0 Å². The Morgan fingerprint density at radius 2 is 1.96 bits per heavy atom. The molecular weight excluding hydrogens is 310 g/mol. The van der Waals surface area contributed by atoms with E-state index in [4.69, 9.17) is 4.74 Å². The van der Waals surface area contributed by atoms with E-state index in [9.17, 15) is 4.79 Å². The Kier molecular flexibility index (Phi) is 6.81. The lowest BCUT2D eigenvalue weighted by molar-refractivity contribution is 0.0602. The highest BCUT2D eigenvalue weighted by atomic mass is 16.5. The molecule has 0 saturated carbocycles. The summed E-state index contributed by atoms with van der Waals surface area (Å²) in [7, 11) is 1.39. The quantitative estimate of drug-likeness (QED) is 0.710. The van der Waals surface area contributed by atoms with E-state index in [0.29, 0.717) is 11.5 Å². The van der Waals surface area contributed by atoms with Crippen LogP contribution in [0.15, 0.2) is 54.7 Å². The predicted molar refractivity (Wildman–Crippen MR) is 104 cm³/mol. The van der Waals surface area contributed by atoms with E-state index >= 15 is 0 Å². The fraction of sp³-hybridized carbons (Fsp3) is 0.318. The van der Waals surface area contributed by atoms with Crippen LogP contribution in [0.2, 0.25) is 0 Å². The molecule has 2 rings (SSSR count). The Labute approximate surface area is 150 Å². The molecule has 3 nitrogen and oxygen atoms in total. The van der Waals surface area contributed by atoms with Crippen LogP contribution >= 0.6 is 0 Å². The number of anilines is 1. The average molecular weight is 337 g/mol. The number of benzene rings is 2. The molecule has 0 amide bonds. The molecule has 0 spiro atoms. The fourth-order valence-corrected chi connectivity index (χ4v) is 2.82. The summed E-state index contributed by atoms with van der Waals surface area (Å²) in [6.07, 6.45) is 5.91. The van der Waals surface area contributed by atoms with Crippen molar-refractivity contribution in [2.45, 2.75) is 33.6 Å². The van der Waals surface area contributed by atoms with Crippen LogP contribution in [0.1, 0.15) is 40.9 Å². The van der Waals surface area contributed by atoms with Crippen LogP contribution in [0.3, 0.4) is 0 Å². The predicted octanol–water partition coefficient (Wildman–Crippen LogP) is 5.15. The van der Waals surface area contributed by atoms with Gasteiger partial charge in [-0.15, -0.1) is 0 Å². The molecule has 0 saturated heterocycles. The molecule has 0 unspecified atom stereocenters. The number of carbonyl (C=O) groups excluding carboxylic acids is 1. The van der Waals surface area contributed by atoms with Crippen molar-refractivity contribution >= 4 is 11.7 Å². The molecule has 0 fully saturated rings. The molecule has 0 bridgehead atoms. The summed E-state index contributed by atoms with van der Waals surface area (Å²) in [5, 5.41) is 3.17. The summed E-state index contributed by atoms with van der Waals surface area (Å²) in [6.45, 7) is 6.64. The van der Waals surface area contributed by atoms with Crippen molar-refractivity contribution in [3.63, 3.8) is 0 Å². The molecular formula is C22H27NO2. The molecule has 132 valence electrons. The highest BCUT2D eigenvalue weighted by Crippen LogP contribution is 2.17. The molecule has 2 aromatic carbocycles. The maximum Gasteiger partial charge on any atom is 0.339 e. The van der Waals surface area contributed by atoms with Gasteiger partial charge < -0.3 is 10.1 Å². The van der Waals surface area contributed by atoms with E-state index in [-0.39, 0.29) is 5.97 Å². The third-order valence-corrected chi connectivity index (χ3v) is 4.08. The molecule has 0 atom stereocenters. The van der Waals surface area contributed by atoms with Gasteiger partial charge in [0.05, 0.1) is 18.4 Å². The average Bonchev–Trinajstić information content (AvgIpc) is 2.59. The van der Waals surface area contributed by atoms with Crippen molar-refractivity contribution in [2.24, 2.45) is 5.92 Å². The normalized spacial score (nSPS) is 11.1. The third kappa shape index (κ3) is 5.49. The van der Waals surface area contributed by atoms with Crippen molar-refractivity contribution < 1.29 is 9.53 Å².